The lowest BCUT2D eigenvalue weighted by Crippen LogP contribution is -2.31. The number of nitrogens with one attached hydrogen (secondary N) is 1. The number of sulfonamides is 1. The summed E-state index contributed by atoms with van der Waals surface area (Å²) in [7, 11) is -2.74. The number of methoxy groups -OCH3 is 1. The number of esters is 1. The highest BCUT2D eigenvalue weighted by Crippen LogP contribution is 2.22. The van der Waals surface area contributed by atoms with Gasteiger partial charge >= 0.3 is 5.97 Å². The van der Waals surface area contributed by atoms with Gasteiger partial charge in [0.1, 0.15) is 11.3 Å². The number of carbonyl (C=O) groups is 1. The fourth-order valence-corrected chi connectivity index (χ4v) is 2.48. The van der Waals surface area contributed by atoms with Crippen molar-refractivity contribution >= 4 is 16.0 Å². The molecule has 0 fully saturated rings. The summed E-state index contributed by atoms with van der Waals surface area (Å²) in [5.41, 5.74) is -0.237. The van der Waals surface area contributed by atoms with Gasteiger partial charge in [0.15, 0.2) is 0 Å². The quantitative estimate of drug-likeness (QED) is 0.619. The van der Waals surface area contributed by atoms with Crippen LogP contribution in [0.4, 0.5) is 0 Å². The van der Waals surface area contributed by atoms with Crippen LogP contribution in [0.3, 0.4) is 0 Å². The summed E-state index contributed by atoms with van der Waals surface area (Å²) in [6, 6.07) is 2.59. The van der Waals surface area contributed by atoms with Gasteiger partial charge in [0, 0.05) is 0 Å². The molecule has 7 heteroatoms. The molecule has 0 aromatic heterocycles. The van der Waals surface area contributed by atoms with Crippen LogP contribution in [0.15, 0.2) is 23.1 Å². The zero-order valence-electron chi connectivity index (χ0n) is 10.4. The van der Waals surface area contributed by atoms with E-state index in [0.29, 0.717) is 0 Å². The molecule has 2 N–H and O–H groups in total. The van der Waals surface area contributed by atoms with Gasteiger partial charge in [0.2, 0.25) is 10.0 Å². The van der Waals surface area contributed by atoms with Crippen LogP contribution < -0.4 is 4.72 Å². The van der Waals surface area contributed by atoms with E-state index < -0.39 is 22.0 Å². The minimum Gasteiger partial charge on any atom is -0.507 e. The smallest absolute Gasteiger partial charge is 0.341 e. The number of ether oxygens (including phenoxy) is 1. The molecule has 0 heterocycles. The summed E-state index contributed by atoms with van der Waals surface area (Å²) in [6.07, 6.45) is 5.09. The maximum absolute atomic E-state index is 11.9. The summed E-state index contributed by atoms with van der Waals surface area (Å²) in [6.45, 7) is 1.50. The van der Waals surface area contributed by atoms with Gasteiger partial charge in [-0.15, -0.1) is 6.42 Å². The molecule has 1 rings (SSSR count). The standard InChI is InChI=1S/C12H13NO5S/c1-4-8(2)13-19(16,17)9-5-6-11(14)10(7-9)12(15)18-3/h1,5-8,13-14H,2-3H3. The van der Waals surface area contributed by atoms with Gasteiger partial charge in [0.05, 0.1) is 18.0 Å². The number of carbonyl (C=O) groups excluding carboxylic acids is 1. The van der Waals surface area contributed by atoms with Crippen LogP contribution >= 0.6 is 0 Å². The van der Waals surface area contributed by atoms with Crippen LogP contribution in [0.2, 0.25) is 0 Å². The second-order valence-electron chi connectivity index (χ2n) is 3.68. The molecular formula is C12H13NO5S. The molecule has 1 atom stereocenters. The zero-order valence-corrected chi connectivity index (χ0v) is 11.2. The summed E-state index contributed by atoms with van der Waals surface area (Å²) in [5.74, 6) is 1.02. The molecule has 0 aliphatic rings. The van der Waals surface area contributed by atoms with E-state index in [4.69, 9.17) is 6.42 Å². The Morgan fingerprint density at radius 1 is 1.53 bits per heavy atom. The first-order chi connectivity index (χ1) is 8.81. The van der Waals surface area contributed by atoms with E-state index in [0.717, 1.165) is 25.3 Å². The summed E-state index contributed by atoms with van der Waals surface area (Å²) >= 11 is 0. The lowest BCUT2D eigenvalue weighted by Gasteiger charge is -2.10. The molecule has 0 aliphatic carbocycles. The molecule has 0 aliphatic heterocycles. The fraction of sp³-hybridized carbons (Fsp3) is 0.250. The van der Waals surface area contributed by atoms with E-state index in [1.807, 2.05) is 0 Å². The zero-order chi connectivity index (χ0) is 14.6. The molecule has 0 amide bonds. The minimum absolute atomic E-state index is 0.187. The molecule has 6 nitrogen and oxygen atoms in total. The number of hydrogen-bond acceptors (Lipinski definition) is 5. The van der Waals surface area contributed by atoms with Gasteiger partial charge in [-0.1, -0.05) is 5.92 Å². The lowest BCUT2D eigenvalue weighted by atomic mass is 10.2. The van der Waals surface area contributed by atoms with E-state index in [1.165, 1.54) is 6.92 Å². The van der Waals surface area contributed by atoms with Crippen LogP contribution in [-0.4, -0.2) is 32.6 Å². The number of terminal acetylenes is 1. The Morgan fingerprint density at radius 3 is 2.68 bits per heavy atom. The largest absolute Gasteiger partial charge is 0.507 e. The Balaban J connectivity index is 3.23. The van der Waals surface area contributed by atoms with E-state index in [1.54, 1.807) is 0 Å². The van der Waals surface area contributed by atoms with E-state index in [2.05, 4.69) is 15.4 Å². The van der Waals surface area contributed by atoms with Crippen LogP contribution in [0.5, 0.6) is 5.75 Å². The van der Waals surface area contributed by atoms with Crippen LogP contribution in [0.25, 0.3) is 0 Å². The molecule has 0 spiro atoms. The molecule has 0 radical (unpaired) electrons. The van der Waals surface area contributed by atoms with Gasteiger partial charge in [-0.3, -0.25) is 0 Å². The maximum atomic E-state index is 11.9. The fourth-order valence-electron chi connectivity index (χ4n) is 1.29. The maximum Gasteiger partial charge on any atom is 0.341 e. The average molecular weight is 283 g/mol. The molecule has 0 saturated heterocycles. The SMILES string of the molecule is C#CC(C)NS(=O)(=O)c1ccc(O)c(C(=O)OC)c1. The second kappa shape index (κ2) is 5.73. The predicted octanol–water partition coefficient (Wildman–Crippen LogP) is 0.479. The van der Waals surface area contributed by atoms with Crippen molar-refractivity contribution in [2.75, 3.05) is 7.11 Å². The number of aromatic hydroxyl groups is 1. The highest BCUT2D eigenvalue weighted by atomic mass is 32.2. The number of rotatable bonds is 4. The first-order valence-corrected chi connectivity index (χ1v) is 6.70. The van der Waals surface area contributed by atoms with Crippen molar-refractivity contribution in [3.63, 3.8) is 0 Å². The monoisotopic (exact) mass is 283 g/mol. The third-order valence-corrected chi connectivity index (χ3v) is 3.80. The highest BCUT2D eigenvalue weighted by molar-refractivity contribution is 7.89. The van der Waals surface area contributed by atoms with Crippen molar-refractivity contribution in [1.29, 1.82) is 0 Å². The third kappa shape index (κ3) is 3.47. The van der Waals surface area contributed by atoms with Crippen molar-refractivity contribution < 1.29 is 23.1 Å². The lowest BCUT2D eigenvalue weighted by molar-refractivity contribution is 0.0597. The van der Waals surface area contributed by atoms with Gasteiger partial charge in [-0.05, 0) is 25.1 Å². The minimum atomic E-state index is -3.86. The molecule has 1 aromatic carbocycles. The van der Waals surface area contributed by atoms with Gasteiger partial charge < -0.3 is 9.84 Å². The second-order valence-corrected chi connectivity index (χ2v) is 5.39. The van der Waals surface area contributed by atoms with Crippen molar-refractivity contribution in [2.24, 2.45) is 0 Å². The van der Waals surface area contributed by atoms with Crippen molar-refractivity contribution in [3.8, 4) is 18.1 Å². The van der Waals surface area contributed by atoms with Crippen LogP contribution in [-0.2, 0) is 14.8 Å². The van der Waals surface area contributed by atoms with Gasteiger partial charge in [-0.25, -0.2) is 13.2 Å². The molecule has 0 saturated carbocycles. The Kier molecular flexibility index (Phi) is 4.53. The first kappa shape index (κ1) is 15.0. The Labute approximate surface area is 111 Å². The number of phenolic OH excluding ortho intramolecular Hbond substituents is 1. The number of benzene rings is 1. The van der Waals surface area contributed by atoms with Crippen molar-refractivity contribution in [2.45, 2.75) is 17.9 Å². The first-order valence-electron chi connectivity index (χ1n) is 5.21. The Hall–Kier alpha value is -2.04. The predicted molar refractivity (Wildman–Crippen MR) is 68.1 cm³/mol. The summed E-state index contributed by atoms with van der Waals surface area (Å²) in [5, 5.41) is 9.48. The summed E-state index contributed by atoms with van der Waals surface area (Å²) in [4.78, 5) is 11.2. The van der Waals surface area contributed by atoms with E-state index in [-0.39, 0.29) is 16.2 Å². The third-order valence-electron chi connectivity index (χ3n) is 2.27. The highest BCUT2D eigenvalue weighted by Gasteiger charge is 2.20. The average Bonchev–Trinajstić information content (AvgIpc) is 2.37. The van der Waals surface area contributed by atoms with Crippen LogP contribution in [0.1, 0.15) is 17.3 Å². The van der Waals surface area contributed by atoms with Gasteiger partial charge in [0.25, 0.3) is 0 Å². The van der Waals surface area contributed by atoms with Crippen LogP contribution in [0, 0.1) is 12.3 Å². The molecule has 0 bridgehead atoms. The normalized spacial score (nSPS) is 12.5. The number of phenols is 1. The molecular weight excluding hydrogens is 270 g/mol. The van der Waals surface area contributed by atoms with E-state index in [9.17, 15) is 18.3 Å². The molecule has 19 heavy (non-hydrogen) atoms. The summed E-state index contributed by atoms with van der Waals surface area (Å²) < 4.78 is 30.5. The Morgan fingerprint density at radius 2 is 2.16 bits per heavy atom. The van der Waals surface area contributed by atoms with E-state index >= 15 is 0 Å². The van der Waals surface area contributed by atoms with Crippen molar-refractivity contribution in [1.82, 2.24) is 4.72 Å². The molecule has 1 unspecified atom stereocenters. The topological polar surface area (TPSA) is 92.7 Å². The van der Waals surface area contributed by atoms with Gasteiger partial charge in [-0.2, -0.15) is 4.72 Å². The Bertz CT molecular complexity index is 630. The molecule has 1 aromatic rings. The number of hydrogen-bond donors (Lipinski definition) is 2. The van der Waals surface area contributed by atoms with Crippen molar-refractivity contribution in [3.05, 3.63) is 23.8 Å². The molecule has 102 valence electrons.